The van der Waals surface area contributed by atoms with Gasteiger partial charge < -0.3 is 26.4 Å². The van der Waals surface area contributed by atoms with Crippen LogP contribution in [0.2, 0.25) is 0 Å². The number of carboxylic acid groups (broad SMARTS) is 3. The maximum atomic E-state index is 11.7. The summed E-state index contributed by atoms with van der Waals surface area (Å²) in [6, 6.07) is -2.58. The van der Waals surface area contributed by atoms with Gasteiger partial charge in [0.15, 0.2) is 5.92 Å². The molecule has 9 heteroatoms. The summed E-state index contributed by atoms with van der Waals surface area (Å²) in [5.41, 5.74) is 5.44. The summed E-state index contributed by atoms with van der Waals surface area (Å²) in [5, 5.41) is 28.6. The zero-order chi connectivity index (χ0) is 16.7. The van der Waals surface area contributed by atoms with Crippen molar-refractivity contribution in [3.63, 3.8) is 0 Å². The lowest BCUT2D eigenvalue weighted by Gasteiger charge is -2.20. The van der Waals surface area contributed by atoms with Crippen LogP contribution in [-0.2, 0) is 19.2 Å². The number of aliphatic carboxylic acids is 3. The van der Waals surface area contributed by atoms with E-state index in [1.54, 1.807) is 13.8 Å². The summed E-state index contributed by atoms with van der Waals surface area (Å²) in [6.45, 7) is 3.54. The van der Waals surface area contributed by atoms with Crippen LogP contribution in [0.3, 0.4) is 0 Å². The van der Waals surface area contributed by atoms with Crippen LogP contribution in [0.1, 0.15) is 26.7 Å². The zero-order valence-corrected chi connectivity index (χ0v) is 11.8. The van der Waals surface area contributed by atoms with Crippen LogP contribution < -0.4 is 11.1 Å². The van der Waals surface area contributed by atoms with Crippen LogP contribution in [-0.4, -0.2) is 51.2 Å². The Bertz CT molecular complexity index is 408. The third kappa shape index (κ3) is 6.70. The lowest BCUT2D eigenvalue weighted by atomic mass is 9.99. The van der Waals surface area contributed by atoms with Gasteiger partial charge in [-0.05, 0) is 18.8 Å². The number of carbonyl (C=O) groups excluding carboxylic acids is 1. The third-order valence-electron chi connectivity index (χ3n) is 2.74. The maximum absolute atomic E-state index is 11.7. The number of carboxylic acids is 3. The molecule has 0 fully saturated rings. The average molecular weight is 304 g/mol. The largest absolute Gasteiger partial charge is 0.481 e. The summed E-state index contributed by atoms with van der Waals surface area (Å²) in [7, 11) is 0. The third-order valence-corrected chi connectivity index (χ3v) is 2.74. The van der Waals surface area contributed by atoms with Gasteiger partial charge in [-0.3, -0.25) is 14.4 Å². The van der Waals surface area contributed by atoms with Gasteiger partial charge in [0.25, 0.3) is 0 Å². The van der Waals surface area contributed by atoms with E-state index in [1.165, 1.54) is 0 Å². The van der Waals surface area contributed by atoms with E-state index in [2.05, 4.69) is 5.32 Å². The molecule has 0 aliphatic carbocycles. The standard InChI is InChI=1S/C12H20N2O7/c1-5(2)3-8(12(20)21)14-9(15)7(13)4-6(10(16)17)11(18)19/h5-8H,3-4,13H2,1-2H3,(H,14,15)(H,16,17)(H,18,19)(H,20,21)/t7-,8+/m0/s1. The highest BCUT2D eigenvalue weighted by atomic mass is 16.4. The molecule has 0 saturated carbocycles. The van der Waals surface area contributed by atoms with Crippen molar-refractivity contribution in [3.8, 4) is 0 Å². The molecule has 0 aromatic rings. The monoisotopic (exact) mass is 304 g/mol. The molecular formula is C12H20N2O7. The quantitative estimate of drug-likeness (QED) is 0.342. The van der Waals surface area contributed by atoms with Crippen LogP contribution in [0, 0.1) is 11.8 Å². The van der Waals surface area contributed by atoms with Crippen molar-refractivity contribution >= 4 is 23.8 Å². The molecule has 0 spiro atoms. The maximum Gasteiger partial charge on any atom is 0.326 e. The molecule has 0 aliphatic rings. The Morgan fingerprint density at radius 1 is 0.952 bits per heavy atom. The van der Waals surface area contributed by atoms with Gasteiger partial charge in [0, 0.05) is 0 Å². The highest BCUT2D eigenvalue weighted by molar-refractivity contribution is 5.94. The minimum absolute atomic E-state index is 0.00779. The predicted molar refractivity (Wildman–Crippen MR) is 70.4 cm³/mol. The van der Waals surface area contributed by atoms with E-state index < -0.39 is 48.2 Å². The molecule has 0 rings (SSSR count). The van der Waals surface area contributed by atoms with Crippen molar-refractivity contribution in [2.75, 3.05) is 0 Å². The van der Waals surface area contributed by atoms with E-state index in [1.807, 2.05) is 0 Å². The Morgan fingerprint density at radius 2 is 1.43 bits per heavy atom. The number of nitrogens with two attached hydrogens (primary N) is 1. The molecule has 0 saturated heterocycles. The Kier molecular flexibility index (Phi) is 7.36. The fourth-order valence-corrected chi connectivity index (χ4v) is 1.64. The van der Waals surface area contributed by atoms with Crippen molar-refractivity contribution in [3.05, 3.63) is 0 Å². The van der Waals surface area contributed by atoms with Crippen LogP contribution in [0.15, 0.2) is 0 Å². The van der Waals surface area contributed by atoms with Crippen molar-refractivity contribution in [2.24, 2.45) is 17.6 Å². The smallest absolute Gasteiger partial charge is 0.326 e. The molecule has 0 unspecified atom stereocenters. The van der Waals surface area contributed by atoms with Gasteiger partial charge >= 0.3 is 17.9 Å². The SMILES string of the molecule is CC(C)C[C@@H](NC(=O)[C@@H](N)CC(C(=O)O)C(=O)O)C(=O)O. The van der Waals surface area contributed by atoms with Crippen molar-refractivity contribution < 1.29 is 34.5 Å². The summed E-state index contributed by atoms with van der Waals surface area (Å²) in [6.07, 6.45) is -0.445. The molecule has 0 aromatic carbocycles. The first-order valence-electron chi connectivity index (χ1n) is 6.30. The number of amides is 1. The number of nitrogens with one attached hydrogen (secondary N) is 1. The second-order valence-corrected chi connectivity index (χ2v) is 5.10. The summed E-state index contributed by atoms with van der Waals surface area (Å²) < 4.78 is 0. The highest BCUT2D eigenvalue weighted by Crippen LogP contribution is 2.09. The zero-order valence-electron chi connectivity index (χ0n) is 11.8. The highest BCUT2D eigenvalue weighted by Gasteiger charge is 2.32. The number of carbonyl (C=O) groups is 4. The van der Waals surface area contributed by atoms with Gasteiger partial charge in [0.05, 0.1) is 6.04 Å². The first-order valence-corrected chi connectivity index (χ1v) is 6.30. The second kappa shape index (κ2) is 8.20. The van der Waals surface area contributed by atoms with Gasteiger partial charge in [-0.15, -0.1) is 0 Å². The van der Waals surface area contributed by atoms with Crippen LogP contribution in [0.5, 0.6) is 0 Å². The van der Waals surface area contributed by atoms with Gasteiger partial charge in [-0.2, -0.15) is 0 Å². The van der Waals surface area contributed by atoms with Gasteiger partial charge in [0.2, 0.25) is 5.91 Å². The molecule has 0 heterocycles. The van der Waals surface area contributed by atoms with Crippen molar-refractivity contribution in [1.82, 2.24) is 5.32 Å². The summed E-state index contributed by atoms with van der Waals surface area (Å²) in [5.74, 6) is -7.16. The number of hydrogen-bond donors (Lipinski definition) is 5. The van der Waals surface area contributed by atoms with Crippen LogP contribution in [0.25, 0.3) is 0 Å². The van der Waals surface area contributed by atoms with Gasteiger partial charge in [-0.25, -0.2) is 4.79 Å². The molecule has 2 atom stereocenters. The molecule has 6 N–H and O–H groups in total. The lowest BCUT2D eigenvalue weighted by Crippen LogP contribution is -2.50. The Labute approximate surface area is 121 Å². The van der Waals surface area contributed by atoms with Gasteiger partial charge in [0.1, 0.15) is 6.04 Å². The normalized spacial score (nSPS) is 13.8. The van der Waals surface area contributed by atoms with E-state index in [0.717, 1.165) is 0 Å². The van der Waals surface area contributed by atoms with Gasteiger partial charge in [-0.1, -0.05) is 13.8 Å². The average Bonchev–Trinajstić information content (AvgIpc) is 2.32. The summed E-state index contributed by atoms with van der Waals surface area (Å²) >= 11 is 0. The Balaban J connectivity index is 4.72. The number of rotatable bonds is 9. The molecule has 0 bridgehead atoms. The van der Waals surface area contributed by atoms with Crippen molar-refractivity contribution in [2.45, 2.75) is 38.8 Å². The first-order chi connectivity index (χ1) is 9.56. The van der Waals surface area contributed by atoms with Crippen molar-refractivity contribution in [1.29, 1.82) is 0 Å². The van der Waals surface area contributed by atoms with E-state index in [9.17, 15) is 19.2 Å². The molecule has 21 heavy (non-hydrogen) atoms. The molecule has 120 valence electrons. The Hall–Kier alpha value is -2.16. The summed E-state index contributed by atoms with van der Waals surface area (Å²) in [4.78, 5) is 44.1. The predicted octanol–water partition coefficient (Wildman–Crippen LogP) is -0.895. The molecule has 0 aromatic heterocycles. The minimum atomic E-state index is -1.82. The molecule has 0 aliphatic heterocycles. The molecule has 0 radical (unpaired) electrons. The van der Waals surface area contributed by atoms with E-state index in [0.29, 0.717) is 0 Å². The van der Waals surface area contributed by atoms with Crippen LogP contribution >= 0.6 is 0 Å². The second-order valence-electron chi connectivity index (χ2n) is 5.10. The topological polar surface area (TPSA) is 167 Å². The van der Waals surface area contributed by atoms with Crippen LogP contribution in [0.4, 0.5) is 0 Å². The first kappa shape index (κ1) is 18.8. The number of hydrogen-bond acceptors (Lipinski definition) is 5. The van der Waals surface area contributed by atoms with E-state index in [-0.39, 0.29) is 12.3 Å². The molecule has 9 nitrogen and oxygen atoms in total. The molecule has 1 amide bonds. The fraction of sp³-hybridized carbons (Fsp3) is 0.667. The molecular weight excluding hydrogens is 284 g/mol. The Morgan fingerprint density at radius 3 is 1.76 bits per heavy atom. The minimum Gasteiger partial charge on any atom is -0.481 e. The van der Waals surface area contributed by atoms with E-state index >= 15 is 0 Å². The lowest BCUT2D eigenvalue weighted by molar-refractivity contribution is -0.155. The van der Waals surface area contributed by atoms with E-state index in [4.69, 9.17) is 21.1 Å². The fourth-order valence-electron chi connectivity index (χ4n) is 1.64.